The van der Waals surface area contributed by atoms with Crippen LogP contribution in [0.3, 0.4) is 0 Å². The minimum absolute atomic E-state index is 0.113. The molecule has 0 radical (unpaired) electrons. The molecule has 4 rings (SSSR count). The molecule has 5 nitrogen and oxygen atoms in total. The fourth-order valence-electron chi connectivity index (χ4n) is 4.89. The Kier molecular flexibility index (Phi) is 5.04. The summed E-state index contributed by atoms with van der Waals surface area (Å²) in [7, 11) is 0. The van der Waals surface area contributed by atoms with E-state index in [1.807, 2.05) is 48.5 Å². The molecule has 1 heterocycles. The van der Waals surface area contributed by atoms with Gasteiger partial charge in [-0.15, -0.1) is 0 Å². The normalized spacial score (nSPS) is 20.4. The van der Waals surface area contributed by atoms with Gasteiger partial charge in [0.05, 0.1) is 6.04 Å². The van der Waals surface area contributed by atoms with Crippen molar-refractivity contribution in [1.29, 1.82) is 0 Å². The lowest BCUT2D eigenvalue weighted by atomic mass is 9.74. The van der Waals surface area contributed by atoms with Gasteiger partial charge in [-0.3, -0.25) is 14.5 Å². The molecular formula is C23H26N2O3. The summed E-state index contributed by atoms with van der Waals surface area (Å²) in [6.07, 6.45) is 1.24. The molecule has 1 fully saturated rings. The van der Waals surface area contributed by atoms with Gasteiger partial charge in [-0.05, 0) is 48.6 Å². The standard InChI is InChI=1S/C23H26N2O3/c1-16(26)21-15-24-12-14-25(21)13-6-11-23(22(27)28)19-9-4-2-7-17(19)18-8-3-5-10-20(18)23/h2-5,7-10,21,24H,6,11-15H2,1H3,(H,27,28). The molecule has 0 aromatic heterocycles. The number of benzene rings is 2. The molecule has 1 atom stereocenters. The highest BCUT2D eigenvalue weighted by Gasteiger charge is 2.48. The third-order valence-electron chi connectivity index (χ3n) is 6.25. The van der Waals surface area contributed by atoms with Gasteiger partial charge in [0.25, 0.3) is 0 Å². The van der Waals surface area contributed by atoms with E-state index >= 15 is 0 Å². The van der Waals surface area contributed by atoms with Gasteiger partial charge >= 0.3 is 5.97 Å². The van der Waals surface area contributed by atoms with Gasteiger partial charge in [-0.1, -0.05) is 48.5 Å². The Labute approximate surface area is 165 Å². The monoisotopic (exact) mass is 378 g/mol. The molecule has 0 bridgehead atoms. The van der Waals surface area contributed by atoms with Crippen molar-refractivity contribution in [3.05, 3.63) is 59.7 Å². The first-order chi connectivity index (χ1) is 13.6. The fourth-order valence-corrected chi connectivity index (χ4v) is 4.89. The third kappa shape index (κ3) is 2.95. The van der Waals surface area contributed by atoms with Gasteiger partial charge in [0.1, 0.15) is 11.2 Å². The summed E-state index contributed by atoms with van der Waals surface area (Å²) in [5.41, 5.74) is 2.78. The van der Waals surface area contributed by atoms with Crippen LogP contribution in [0.2, 0.25) is 0 Å². The quantitative estimate of drug-likeness (QED) is 0.809. The molecule has 2 N–H and O–H groups in total. The van der Waals surface area contributed by atoms with Crippen LogP contribution in [0.5, 0.6) is 0 Å². The molecule has 2 aromatic carbocycles. The van der Waals surface area contributed by atoms with Gasteiger partial charge in [0.2, 0.25) is 0 Å². The summed E-state index contributed by atoms with van der Waals surface area (Å²) in [6, 6.07) is 15.6. The van der Waals surface area contributed by atoms with E-state index in [-0.39, 0.29) is 11.8 Å². The second-order valence-electron chi connectivity index (χ2n) is 7.77. The molecule has 28 heavy (non-hydrogen) atoms. The number of carboxylic acids is 1. The zero-order valence-corrected chi connectivity index (χ0v) is 16.1. The van der Waals surface area contributed by atoms with E-state index in [9.17, 15) is 14.7 Å². The van der Waals surface area contributed by atoms with Crippen LogP contribution in [0.15, 0.2) is 48.5 Å². The largest absolute Gasteiger partial charge is 0.480 e. The van der Waals surface area contributed by atoms with Crippen LogP contribution in [-0.2, 0) is 15.0 Å². The molecule has 2 aromatic rings. The lowest BCUT2D eigenvalue weighted by Gasteiger charge is -2.35. The average molecular weight is 378 g/mol. The van der Waals surface area contributed by atoms with E-state index in [2.05, 4.69) is 10.2 Å². The number of piperazine rings is 1. The second-order valence-corrected chi connectivity index (χ2v) is 7.77. The number of carbonyl (C=O) groups is 2. The smallest absolute Gasteiger partial charge is 0.318 e. The zero-order chi connectivity index (χ0) is 19.7. The molecule has 146 valence electrons. The van der Waals surface area contributed by atoms with Crippen molar-refractivity contribution in [2.45, 2.75) is 31.2 Å². The Hall–Kier alpha value is -2.50. The van der Waals surface area contributed by atoms with Crippen LogP contribution in [-0.4, -0.2) is 54.0 Å². The van der Waals surface area contributed by atoms with E-state index in [0.717, 1.165) is 48.3 Å². The predicted molar refractivity (Wildman–Crippen MR) is 108 cm³/mol. The first-order valence-corrected chi connectivity index (χ1v) is 9.93. The highest BCUT2D eigenvalue weighted by atomic mass is 16.4. The highest BCUT2D eigenvalue weighted by molar-refractivity contribution is 5.97. The maximum Gasteiger partial charge on any atom is 0.318 e. The van der Waals surface area contributed by atoms with E-state index in [1.165, 1.54) is 0 Å². The van der Waals surface area contributed by atoms with Crippen LogP contribution in [0, 0.1) is 0 Å². The lowest BCUT2D eigenvalue weighted by molar-refractivity contribution is -0.142. The minimum atomic E-state index is -1.02. The minimum Gasteiger partial charge on any atom is -0.480 e. The number of carboxylic acid groups (broad SMARTS) is 1. The molecule has 2 aliphatic rings. The van der Waals surface area contributed by atoms with Crippen LogP contribution >= 0.6 is 0 Å². The van der Waals surface area contributed by atoms with Crippen LogP contribution in [0.4, 0.5) is 0 Å². The van der Waals surface area contributed by atoms with E-state index < -0.39 is 11.4 Å². The fraction of sp³-hybridized carbons (Fsp3) is 0.391. The molecule has 1 aliphatic heterocycles. The summed E-state index contributed by atoms with van der Waals surface area (Å²) < 4.78 is 0. The van der Waals surface area contributed by atoms with Crippen molar-refractivity contribution in [2.75, 3.05) is 26.2 Å². The molecule has 0 amide bonds. The van der Waals surface area contributed by atoms with Crippen molar-refractivity contribution >= 4 is 11.8 Å². The third-order valence-corrected chi connectivity index (χ3v) is 6.25. The molecule has 1 aliphatic carbocycles. The van der Waals surface area contributed by atoms with Crippen LogP contribution in [0.25, 0.3) is 11.1 Å². The number of Topliss-reactive ketones (excluding diaryl/α,β-unsaturated/α-hetero) is 1. The Bertz CT molecular complexity index is 863. The first kappa shape index (κ1) is 18.8. The van der Waals surface area contributed by atoms with E-state index in [0.29, 0.717) is 13.0 Å². The Balaban J connectivity index is 1.63. The molecule has 1 unspecified atom stereocenters. The number of ketones is 1. The number of nitrogens with one attached hydrogen (secondary N) is 1. The summed E-state index contributed by atoms with van der Waals surface area (Å²) in [4.78, 5) is 26.8. The maximum absolute atomic E-state index is 12.6. The zero-order valence-electron chi connectivity index (χ0n) is 16.1. The van der Waals surface area contributed by atoms with Gasteiger partial charge < -0.3 is 10.4 Å². The molecule has 5 heteroatoms. The number of hydrogen-bond donors (Lipinski definition) is 2. The topological polar surface area (TPSA) is 69.6 Å². The molecule has 0 saturated carbocycles. The summed E-state index contributed by atoms with van der Waals surface area (Å²) in [5, 5.41) is 13.6. The van der Waals surface area contributed by atoms with Crippen molar-refractivity contribution in [1.82, 2.24) is 10.2 Å². The highest BCUT2D eigenvalue weighted by Crippen LogP contribution is 2.51. The maximum atomic E-state index is 12.6. The number of fused-ring (bicyclic) bond motifs is 3. The second kappa shape index (κ2) is 7.49. The number of rotatable bonds is 6. The number of aliphatic carboxylic acids is 1. The number of nitrogens with zero attached hydrogens (tertiary/aromatic N) is 1. The lowest BCUT2D eigenvalue weighted by Crippen LogP contribution is -2.54. The van der Waals surface area contributed by atoms with E-state index in [1.54, 1.807) is 6.92 Å². The van der Waals surface area contributed by atoms with Gasteiger partial charge in [0.15, 0.2) is 0 Å². The summed E-state index contributed by atoms with van der Waals surface area (Å²) in [5.74, 6) is -0.634. The van der Waals surface area contributed by atoms with Gasteiger partial charge in [-0.2, -0.15) is 0 Å². The first-order valence-electron chi connectivity index (χ1n) is 9.93. The number of hydrogen-bond acceptors (Lipinski definition) is 4. The Morgan fingerprint density at radius 3 is 2.29 bits per heavy atom. The van der Waals surface area contributed by atoms with Gasteiger partial charge in [-0.25, -0.2) is 0 Å². The van der Waals surface area contributed by atoms with E-state index in [4.69, 9.17) is 0 Å². The Morgan fingerprint density at radius 2 is 1.71 bits per heavy atom. The van der Waals surface area contributed by atoms with Crippen LogP contribution in [0.1, 0.15) is 30.9 Å². The van der Waals surface area contributed by atoms with Crippen molar-refractivity contribution < 1.29 is 14.7 Å². The van der Waals surface area contributed by atoms with Gasteiger partial charge in [0, 0.05) is 19.6 Å². The van der Waals surface area contributed by atoms with Crippen LogP contribution < -0.4 is 5.32 Å². The molecule has 0 spiro atoms. The summed E-state index contributed by atoms with van der Waals surface area (Å²) >= 11 is 0. The molecule has 1 saturated heterocycles. The van der Waals surface area contributed by atoms with Crippen molar-refractivity contribution in [3.8, 4) is 11.1 Å². The van der Waals surface area contributed by atoms with Crippen molar-refractivity contribution in [2.24, 2.45) is 0 Å². The Morgan fingerprint density at radius 1 is 1.11 bits per heavy atom. The summed E-state index contributed by atoms with van der Waals surface area (Å²) in [6.45, 7) is 4.71. The van der Waals surface area contributed by atoms with Crippen molar-refractivity contribution in [3.63, 3.8) is 0 Å². The molecular weight excluding hydrogens is 352 g/mol. The average Bonchev–Trinajstić information content (AvgIpc) is 3.00. The predicted octanol–water partition coefficient (Wildman–Crippen LogP) is 2.68. The SMILES string of the molecule is CC(=O)C1CNCCN1CCCC1(C(=O)O)c2ccccc2-c2ccccc21. The number of carbonyl (C=O) groups excluding carboxylic acids is 1.